The van der Waals surface area contributed by atoms with Crippen LogP contribution in [-0.4, -0.2) is 37.5 Å². The lowest BCUT2D eigenvalue weighted by atomic mass is 9.93. The van der Waals surface area contributed by atoms with Crippen molar-refractivity contribution in [1.82, 2.24) is 10.2 Å². The van der Waals surface area contributed by atoms with Crippen molar-refractivity contribution in [3.63, 3.8) is 0 Å². The van der Waals surface area contributed by atoms with Gasteiger partial charge in [0.25, 0.3) is 5.91 Å². The topological polar surface area (TPSA) is 32.3 Å². The molecule has 0 radical (unpaired) electrons. The number of nitrogens with zero attached hydrogens (tertiary/aromatic N) is 1. The molecule has 3 nitrogen and oxygen atoms in total. The molecule has 100 valence electrons. The van der Waals surface area contributed by atoms with Crippen LogP contribution in [0.3, 0.4) is 0 Å². The lowest BCUT2D eigenvalue weighted by Crippen LogP contribution is -2.38. The van der Waals surface area contributed by atoms with Gasteiger partial charge in [-0.15, -0.1) is 11.3 Å². The molecule has 1 saturated heterocycles. The van der Waals surface area contributed by atoms with Crippen molar-refractivity contribution in [2.45, 2.75) is 26.2 Å². The summed E-state index contributed by atoms with van der Waals surface area (Å²) in [5, 5.41) is 3.20. The molecule has 1 aromatic rings. The van der Waals surface area contributed by atoms with E-state index in [9.17, 15) is 4.79 Å². The number of rotatable bonds is 4. The molecular weight excluding hydrogens is 244 g/mol. The summed E-state index contributed by atoms with van der Waals surface area (Å²) < 4.78 is 0. The maximum absolute atomic E-state index is 12.3. The van der Waals surface area contributed by atoms with E-state index in [0.29, 0.717) is 0 Å². The zero-order valence-electron chi connectivity index (χ0n) is 11.2. The van der Waals surface area contributed by atoms with Crippen LogP contribution in [0.1, 0.15) is 33.8 Å². The minimum Gasteiger partial charge on any atom is -0.338 e. The van der Waals surface area contributed by atoms with Gasteiger partial charge in [0.1, 0.15) is 0 Å². The summed E-state index contributed by atoms with van der Waals surface area (Å²) in [6, 6.07) is 3.98. The monoisotopic (exact) mass is 266 g/mol. The van der Waals surface area contributed by atoms with Gasteiger partial charge >= 0.3 is 0 Å². The average Bonchev–Trinajstić information content (AvgIpc) is 2.83. The number of piperidine rings is 1. The molecule has 2 heterocycles. The lowest BCUT2D eigenvalue weighted by molar-refractivity contribution is 0.0692. The number of hydrogen-bond donors (Lipinski definition) is 1. The number of carbonyl (C=O) groups excluding carboxylic acids is 1. The standard InChI is InChI=1S/C14H22N2OS/c1-11-3-4-13(18-11)14(17)16-9-6-12(7-10-16)5-8-15-2/h3-4,12,15H,5-10H2,1-2H3. The van der Waals surface area contributed by atoms with Gasteiger partial charge in [0.15, 0.2) is 0 Å². The van der Waals surface area contributed by atoms with Gasteiger partial charge in [-0.1, -0.05) is 0 Å². The normalized spacial score (nSPS) is 17.1. The van der Waals surface area contributed by atoms with Crippen molar-refractivity contribution in [3.05, 3.63) is 21.9 Å². The summed E-state index contributed by atoms with van der Waals surface area (Å²) in [5.41, 5.74) is 0. The van der Waals surface area contributed by atoms with Crippen LogP contribution in [0.15, 0.2) is 12.1 Å². The van der Waals surface area contributed by atoms with E-state index in [1.54, 1.807) is 11.3 Å². The molecule has 0 bridgehead atoms. The van der Waals surface area contributed by atoms with Crippen LogP contribution in [0.2, 0.25) is 0 Å². The number of nitrogens with one attached hydrogen (secondary N) is 1. The van der Waals surface area contributed by atoms with E-state index in [2.05, 4.69) is 5.32 Å². The van der Waals surface area contributed by atoms with Crippen molar-refractivity contribution >= 4 is 17.2 Å². The number of amides is 1. The molecule has 1 fully saturated rings. The number of carbonyl (C=O) groups is 1. The van der Waals surface area contributed by atoms with Crippen LogP contribution >= 0.6 is 11.3 Å². The molecule has 0 atom stereocenters. The van der Waals surface area contributed by atoms with Crippen LogP contribution in [0.5, 0.6) is 0 Å². The highest BCUT2D eigenvalue weighted by molar-refractivity contribution is 7.13. The van der Waals surface area contributed by atoms with Gasteiger partial charge in [-0.25, -0.2) is 0 Å². The van der Waals surface area contributed by atoms with Crippen LogP contribution in [0, 0.1) is 12.8 Å². The molecule has 1 aliphatic rings. The van der Waals surface area contributed by atoms with Gasteiger partial charge < -0.3 is 10.2 Å². The molecule has 0 spiro atoms. The second kappa shape index (κ2) is 6.34. The molecule has 0 saturated carbocycles. The molecule has 0 aromatic carbocycles. The Balaban J connectivity index is 1.84. The largest absolute Gasteiger partial charge is 0.338 e. The van der Waals surface area contributed by atoms with E-state index in [0.717, 1.165) is 43.3 Å². The van der Waals surface area contributed by atoms with Crippen molar-refractivity contribution in [1.29, 1.82) is 0 Å². The maximum atomic E-state index is 12.3. The van der Waals surface area contributed by atoms with Crippen molar-refractivity contribution in [3.8, 4) is 0 Å². The molecule has 0 unspecified atom stereocenters. The van der Waals surface area contributed by atoms with Gasteiger partial charge in [-0.05, 0) is 57.8 Å². The minimum atomic E-state index is 0.222. The number of hydrogen-bond acceptors (Lipinski definition) is 3. The fraction of sp³-hybridized carbons (Fsp3) is 0.643. The first-order valence-corrected chi connectivity index (χ1v) is 7.52. The fourth-order valence-corrected chi connectivity index (χ4v) is 3.31. The third kappa shape index (κ3) is 3.33. The highest BCUT2D eigenvalue weighted by atomic mass is 32.1. The van der Waals surface area contributed by atoms with Crippen LogP contribution < -0.4 is 5.32 Å². The van der Waals surface area contributed by atoms with E-state index in [1.807, 2.05) is 31.0 Å². The van der Waals surface area contributed by atoms with Crippen LogP contribution in [0.25, 0.3) is 0 Å². The Morgan fingerprint density at radius 2 is 2.17 bits per heavy atom. The SMILES string of the molecule is CNCCC1CCN(C(=O)c2ccc(C)s2)CC1. The van der Waals surface area contributed by atoms with Crippen LogP contribution in [-0.2, 0) is 0 Å². The number of thiophene rings is 1. The highest BCUT2D eigenvalue weighted by Crippen LogP contribution is 2.23. The molecule has 0 aliphatic carbocycles. The summed E-state index contributed by atoms with van der Waals surface area (Å²) in [7, 11) is 2.00. The van der Waals surface area contributed by atoms with E-state index in [4.69, 9.17) is 0 Å². The summed E-state index contributed by atoms with van der Waals surface area (Å²) in [6.45, 7) is 4.97. The molecule has 2 rings (SSSR count). The van der Waals surface area contributed by atoms with Gasteiger partial charge in [-0.3, -0.25) is 4.79 Å². The first-order valence-electron chi connectivity index (χ1n) is 6.71. The van der Waals surface area contributed by atoms with E-state index < -0.39 is 0 Å². The summed E-state index contributed by atoms with van der Waals surface area (Å²) in [4.78, 5) is 16.4. The first kappa shape index (κ1) is 13.6. The predicted octanol–water partition coefficient (Wildman–Crippen LogP) is 2.52. The average molecular weight is 266 g/mol. The van der Waals surface area contributed by atoms with Gasteiger partial charge in [0, 0.05) is 18.0 Å². The molecule has 4 heteroatoms. The minimum absolute atomic E-state index is 0.222. The third-order valence-electron chi connectivity index (χ3n) is 3.66. The van der Waals surface area contributed by atoms with Gasteiger partial charge in [0.2, 0.25) is 0 Å². The Morgan fingerprint density at radius 1 is 1.44 bits per heavy atom. The molecule has 1 aromatic heterocycles. The lowest BCUT2D eigenvalue weighted by Gasteiger charge is -2.31. The Hall–Kier alpha value is -0.870. The Kier molecular flexibility index (Phi) is 4.78. The molecule has 1 aliphatic heterocycles. The van der Waals surface area contributed by atoms with E-state index in [1.165, 1.54) is 11.3 Å². The first-order chi connectivity index (χ1) is 8.70. The smallest absolute Gasteiger partial charge is 0.263 e. The molecule has 18 heavy (non-hydrogen) atoms. The van der Waals surface area contributed by atoms with E-state index in [-0.39, 0.29) is 5.91 Å². The summed E-state index contributed by atoms with van der Waals surface area (Å²) in [6.07, 6.45) is 3.53. The van der Waals surface area contributed by atoms with E-state index >= 15 is 0 Å². The van der Waals surface area contributed by atoms with Crippen molar-refractivity contribution < 1.29 is 4.79 Å². The Labute approximate surface area is 113 Å². The zero-order valence-corrected chi connectivity index (χ0v) is 12.1. The van der Waals surface area contributed by atoms with Crippen molar-refractivity contribution in [2.75, 3.05) is 26.7 Å². The van der Waals surface area contributed by atoms with Crippen molar-refractivity contribution in [2.24, 2.45) is 5.92 Å². The highest BCUT2D eigenvalue weighted by Gasteiger charge is 2.23. The Bertz CT molecular complexity index is 394. The Morgan fingerprint density at radius 3 is 2.72 bits per heavy atom. The molecular formula is C14H22N2OS. The predicted molar refractivity (Wildman–Crippen MR) is 76.2 cm³/mol. The zero-order chi connectivity index (χ0) is 13.0. The summed E-state index contributed by atoms with van der Waals surface area (Å²) >= 11 is 1.60. The van der Waals surface area contributed by atoms with Gasteiger partial charge in [-0.2, -0.15) is 0 Å². The molecule has 1 amide bonds. The molecule has 1 N–H and O–H groups in total. The second-order valence-corrected chi connectivity index (χ2v) is 6.33. The second-order valence-electron chi connectivity index (χ2n) is 5.04. The fourth-order valence-electron chi connectivity index (χ4n) is 2.48. The quantitative estimate of drug-likeness (QED) is 0.908. The van der Waals surface area contributed by atoms with Gasteiger partial charge in [0.05, 0.1) is 4.88 Å². The summed E-state index contributed by atoms with van der Waals surface area (Å²) in [5.74, 6) is 1.01. The number of aryl methyl sites for hydroxylation is 1. The van der Waals surface area contributed by atoms with Crippen LogP contribution in [0.4, 0.5) is 0 Å². The number of likely N-dealkylation sites (tertiary alicyclic amines) is 1. The maximum Gasteiger partial charge on any atom is 0.263 e. The third-order valence-corrected chi connectivity index (χ3v) is 4.64.